The second-order valence-electron chi connectivity index (χ2n) is 6.42. The Morgan fingerprint density at radius 2 is 2.11 bits per heavy atom. The Bertz CT molecular complexity index is 303. The van der Waals surface area contributed by atoms with Crippen LogP contribution in [0, 0.1) is 11.8 Å². The summed E-state index contributed by atoms with van der Waals surface area (Å²) in [5.74, 6) is 1.62. The minimum atomic E-state index is -0.000553. The minimum absolute atomic E-state index is 0.000553. The van der Waals surface area contributed by atoms with E-state index in [-0.39, 0.29) is 12.2 Å². The SMILES string of the molecule is CCC1CCCC(N2C(=O)C(C)NC2C(C)C)C1. The number of hydrogen-bond donors (Lipinski definition) is 1. The summed E-state index contributed by atoms with van der Waals surface area (Å²) in [5, 5.41) is 3.46. The molecule has 0 spiro atoms. The zero-order valence-electron chi connectivity index (χ0n) is 12.3. The van der Waals surface area contributed by atoms with Gasteiger partial charge in [0.2, 0.25) is 5.91 Å². The molecule has 4 unspecified atom stereocenters. The Morgan fingerprint density at radius 1 is 1.39 bits per heavy atom. The van der Waals surface area contributed by atoms with Gasteiger partial charge in [-0.05, 0) is 31.6 Å². The predicted octanol–water partition coefficient (Wildman–Crippen LogP) is 2.76. The highest BCUT2D eigenvalue weighted by Crippen LogP contribution is 2.33. The average molecular weight is 252 g/mol. The first-order valence-corrected chi connectivity index (χ1v) is 7.62. The lowest BCUT2D eigenvalue weighted by Gasteiger charge is -2.39. The van der Waals surface area contributed by atoms with Crippen LogP contribution in [0.3, 0.4) is 0 Å². The van der Waals surface area contributed by atoms with Crippen molar-refractivity contribution < 1.29 is 4.79 Å². The smallest absolute Gasteiger partial charge is 0.240 e. The Morgan fingerprint density at radius 3 is 2.72 bits per heavy atom. The molecule has 3 heteroatoms. The molecule has 1 saturated carbocycles. The minimum Gasteiger partial charge on any atom is -0.323 e. The van der Waals surface area contributed by atoms with Crippen LogP contribution in [-0.4, -0.2) is 29.1 Å². The lowest BCUT2D eigenvalue weighted by molar-refractivity contribution is -0.133. The first kappa shape index (κ1) is 13.9. The van der Waals surface area contributed by atoms with Crippen LogP contribution in [0.15, 0.2) is 0 Å². The molecule has 0 aromatic heterocycles. The molecule has 0 radical (unpaired) electrons. The third kappa shape index (κ3) is 2.56. The zero-order chi connectivity index (χ0) is 13.3. The topological polar surface area (TPSA) is 32.3 Å². The number of nitrogens with zero attached hydrogens (tertiary/aromatic N) is 1. The molecule has 1 heterocycles. The van der Waals surface area contributed by atoms with E-state index in [0.29, 0.717) is 17.9 Å². The third-order valence-electron chi connectivity index (χ3n) is 4.70. The molecule has 3 nitrogen and oxygen atoms in total. The molecule has 1 saturated heterocycles. The van der Waals surface area contributed by atoms with Crippen molar-refractivity contribution in [3.63, 3.8) is 0 Å². The molecule has 0 aromatic rings. The van der Waals surface area contributed by atoms with Gasteiger partial charge in [-0.1, -0.05) is 40.0 Å². The van der Waals surface area contributed by atoms with Crippen LogP contribution in [-0.2, 0) is 4.79 Å². The standard InChI is InChI=1S/C15H28N2O/c1-5-12-7-6-8-13(9-12)17-14(10(2)3)16-11(4)15(17)18/h10-14,16H,5-9H2,1-4H3. The summed E-state index contributed by atoms with van der Waals surface area (Å²) in [6.07, 6.45) is 6.54. The van der Waals surface area contributed by atoms with Crippen molar-refractivity contribution in [1.29, 1.82) is 0 Å². The first-order valence-electron chi connectivity index (χ1n) is 7.62. The van der Waals surface area contributed by atoms with E-state index in [0.717, 1.165) is 5.92 Å². The monoisotopic (exact) mass is 252 g/mol. The molecule has 0 aromatic carbocycles. The summed E-state index contributed by atoms with van der Waals surface area (Å²) in [5.41, 5.74) is 0. The van der Waals surface area contributed by atoms with Crippen molar-refractivity contribution in [2.45, 2.75) is 78.0 Å². The Kier molecular flexibility index (Phi) is 4.31. The van der Waals surface area contributed by atoms with Crippen LogP contribution in [0.25, 0.3) is 0 Å². The number of carbonyl (C=O) groups excluding carboxylic acids is 1. The molecular weight excluding hydrogens is 224 g/mol. The molecule has 4 atom stereocenters. The van der Waals surface area contributed by atoms with Gasteiger partial charge in [-0.3, -0.25) is 10.1 Å². The van der Waals surface area contributed by atoms with Crippen molar-refractivity contribution in [3.05, 3.63) is 0 Å². The molecule has 0 bridgehead atoms. The number of amides is 1. The maximum absolute atomic E-state index is 12.4. The van der Waals surface area contributed by atoms with Crippen LogP contribution in [0.4, 0.5) is 0 Å². The van der Waals surface area contributed by atoms with Gasteiger partial charge in [0, 0.05) is 6.04 Å². The van der Waals surface area contributed by atoms with E-state index < -0.39 is 0 Å². The van der Waals surface area contributed by atoms with E-state index in [1.165, 1.54) is 32.1 Å². The van der Waals surface area contributed by atoms with Crippen molar-refractivity contribution in [2.75, 3.05) is 0 Å². The third-order valence-corrected chi connectivity index (χ3v) is 4.70. The maximum Gasteiger partial charge on any atom is 0.240 e. The fourth-order valence-electron chi connectivity index (χ4n) is 3.58. The summed E-state index contributed by atoms with van der Waals surface area (Å²) in [4.78, 5) is 14.6. The first-order chi connectivity index (χ1) is 8.54. The molecule has 2 fully saturated rings. The van der Waals surface area contributed by atoms with Gasteiger partial charge in [-0.2, -0.15) is 0 Å². The van der Waals surface area contributed by atoms with Crippen molar-refractivity contribution >= 4 is 5.91 Å². The Balaban J connectivity index is 2.11. The van der Waals surface area contributed by atoms with Crippen LogP contribution < -0.4 is 5.32 Å². The normalized spacial score (nSPS) is 37.6. The van der Waals surface area contributed by atoms with Crippen LogP contribution in [0.2, 0.25) is 0 Å². The summed E-state index contributed by atoms with van der Waals surface area (Å²) in [7, 11) is 0. The fraction of sp³-hybridized carbons (Fsp3) is 0.933. The lowest BCUT2D eigenvalue weighted by Crippen LogP contribution is -2.48. The fourth-order valence-corrected chi connectivity index (χ4v) is 3.58. The molecule has 2 rings (SSSR count). The number of carbonyl (C=O) groups is 1. The van der Waals surface area contributed by atoms with Gasteiger partial charge in [0.05, 0.1) is 12.2 Å². The van der Waals surface area contributed by atoms with Crippen molar-refractivity contribution in [3.8, 4) is 0 Å². The van der Waals surface area contributed by atoms with E-state index in [2.05, 4.69) is 31.0 Å². The molecule has 18 heavy (non-hydrogen) atoms. The van der Waals surface area contributed by atoms with Gasteiger partial charge < -0.3 is 4.90 Å². The summed E-state index contributed by atoms with van der Waals surface area (Å²) >= 11 is 0. The second kappa shape index (κ2) is 5.60. The van der Waals surface area contributed by atoms with E-state index in [9.17, 15) is 4.79 Å². The average Bonchev–Trinajstić information content (AvgIpc) is 2.66. The lowest BCUT2D eigenvalue weighted by atomic mass is 9.83. The van der Waals surface area contributed by atoms with Gasteiger partial charge in [0.15, 0.2) is 0 Å². The van der Waals surface area contributed by atoms with Crippen LogP contribution >= 0.6 is 0 Å². The zero-order valence-corrected chi connectivity index (χ0v) is 12.3. The molecule has 1 aliphatic carbocycles. The molecule has 104 valence electrons. The highest BCUT2D eigenvalue weighted by atomic mass is 16.2. The predicted molar refractivity (Wildman–Crippen MR) is 74.1 cm³/mol. The van der Waals surface area contributed by atoms with Crippen molar-refractivity contribution in [1.82, 2.24) is 10.2 Å². The maximum atomic E-state index is 12.4. The van der Waals surface area contributed by atoms with Gasteiger partial charge >= 0.3 is 0 Å². The molecule has 1 amide bonds. The Labute approximate surface area is 111 Å². The van der Waals surface area contributed by atoms with E-state index in [4.69, 9.17) is 0 Å². The summed E-state index contributed by atoms with van der Waals surface area (Å²) < 4.78 is 0. The molecular formula is C15H28N2O. The quantitative estimate of drug-likeness (QED) is 0.837. The molecule has 2 aliphatic rings. The van der Waals surface area contributed by atoms with Gasteiger partial charge in [0.1, 0.15) is 0 Å². The summed E-state index contributed by atoms with van der Waals surface area (Å²) in [6, 6.07) is 0.473. The van der Waals surface area contributed by atoms with Crippen LogP contribution in [0.5, 0.6) is 0 Å². The van der Waals surface area contributed by atoms with E-state index in [1.807, 2.05) is 6.92 Å². The Hall–Kier alpha value is -0.570. The highest BCUT2D eigenvalue weighted by Gasteiger charge is 2.42. The molecule has 1 N–H and O–H groups in total. The molecule has 1 aliphatic heterocycles. The number of nitrogens with one attached hydrogen (secondary N) is 1. The van der Waals surface area contributed by atoms with Gasteiger partial charge in [-0.25, -0.2) is 0 Å². The van der Waals surface area contributed by atoms with E-state index >= 15 is 0 Å². The van der Waals surface area contributed by atoms with Crippen LogP contribution in [0.1, 0.15) is 59.8 Å². The highest BCUT2D eigenvalue weighted by molar-refractivity contribution is 5.84. The largest absolute Gasteiger partial charge is 0.323 e. The van der Waals surface area contributed by atoms with E-state index in [1.54, 1.807) is 0 Å². The summed E-state index contributed by atoms with van der Waals surface area (Å²) in [6.45, 7) is 8.68. The van der Waals surface area contributed by atoms with Gasteiger partial charge in [0.25, 0.3) is 0 Å². The number of hydrogen-bond acceptors (Lipinski definition) is 2. The second-order valence-corrected chi connectivity index (χ2v) is 6.42. The van der Waals surface area contributed by atoms with Gasteiger partial charge in [-0.15, -0.1) is 0 Å². The van der Waals surface area contributed by atoms with Crippen molar-refractivity contribution in [2.24, 2.45) is 11.8 Å². The number of rotatable bonds is 3.